The Morgan fingerprint density at radius 2 is 2.20 bits per heavy atom. The fourth-order valence-electron chi connectivity index (χ4n) is 2.26. The molecule has 0 aliphatic heterocycles. The maximum Gasteiger partial charge on any atom is 0.341 e. The number of furan rings is 1. The third-order valence-electron chi connectivity index (χ3n) is 3.63. The predicted molar refractivity (Wildman–Crippen MR) is 111 cm³/mol. The number of rotatable bonds is 6. The summed E-state index contributed by atoms with van der Waals surface area (Å²) < 4.78 is 10.3. The van der Waals surface area contributed by atoms with Gasteiger partial charge in [-0.15, -0.1) is 35.3 Å². The van der Waals surface area contributed by atoms with Crippen LogP contribution in [-0.2, 0) is 11.3 Å². The fourth-order valence-corrected chi connectivity index (χ4v) is 3.04. The van der Waals surface area contributed by atoms with Crippen molar-refractivity contribution in [3.63, 3.8) is 0 Å². The van der Waals surface area contributed by atoms with E-state index in [-0.39, 0.29) is 24.0 Å². The van der Waals surface area contributed by atoms with Gasteiger partial charge in [0.15, 0.2) is 5.96 Å². The largest absolute Gasteiger partial charge is 0.465 e. The molecule has 0 saturated heterocycles. The van der Waals surface area contributed by atoms with Crippen LogP contribution in [0.2, 0.25) is 0 Å². The van der Waals surface area contributed by atoms with Crippen molar-refractivity contribution >= 4 is 47.2 Å². The number of ether oxygens (including phenoxy) is 1. The maximum atomic E-state index is 11.6. The number of thiophene rings is 1. The number of nitrogens with one attached hydrogen (secondary N) is 2. The first-order valence-corrected chi connectivity index (χ1v) is 8.58. The monoisotopic (exact) mass is 477 g/mol. The van der Waals surface area contributed by atoms with Crippen LogP contribution in [0.5, 0.6) is 0 Å². The van der Waals surface area contributed by atoms with Gasteiger partial charge in [-0.1, -0.05) is 13.0 Å². The second-order valence-corrected chi connectivity index (χ2v) is 6.38. The zero-order valence-corrected chi connectivity index (χ0v) is 17.9. The summed E-state index contributed by atoms with van der Waals surface area (Å²) in [5.41, 5.74) is 0.448. The number of methoxy groups -OCH3 is 1. The molecular weight excluding hydrogens is 453 g/mol. The first kappa shape index (κ1) is 21.5. The average molecular weight is 477 g/mol. The van der Waals surface area contributed by atoms with Gasteiger partial charge in [0.25, 0.3) is 0 Å². The summed E-state index contributed by atoms with van der Waals surface area (Å²) in [7, 11) is 3.08. The molecule has 138 valence electrons. The summed E-state index contributed by atoms with van der Waals surface area (Å²) in [5.74, 6) is 1.90. The number of hydrogen-bond donors (Lipinski definition) is 2. The van der Waals surface area contributed by atoms with Crippen LogP contribution in [0.1, 0.15) is 39.6 Å². The highest BCUT2D eigenvalue weighted by molar-refractivity contribution is 14.0. The van der Waals surface area contributed by atoms with E-state index >= 15 is 0 Å². The van der Waals surface area contributed by atoms with Crippen molar-refractivity contribution in [2.75, 3.05) is 20.7 Å². The highest BCUT2D eigenvalue weighted by Crippen LogP contribution is 2.19. The minimum absolute atomic E-state index is 0. The number of carbonyl (C=O) groups excluding carboxylic acids is 1. The lowest BCUT2D eigenvalue weighted by atomic mass is 10.1. The van der Waals surface area contributed by atoms with Crippen molar-refractivity contribution in [2.24, 2.45) is 4.99 Å². The van der Waals surface area contributed by atoms with E-state index in [1.807, 2.05) is 0 Å². The number of nitrogens with zero attached hydrogens (tertiary/aromatic N) is 1. The first-order valence-electron chi connectivity index (χ1n) is 7.70. The highest BCUT2D eigenvalue weighted by Gasteiger charge is 2.15. The molecule has 0 spiro atoms. The van der Waals surface area contributed by atoms with E-state index in [2.05, 4.69) is 40.1 Å². The summed E-state index contributed by atoms with van der Waals surface area (Å²) >= 11 is 1.75. The van der Waals surface area contributed by atoms with E-state index < -0.39 is 5.97 Å². The van der Waals surface area contributed by atoms with Crippen LogP contribution in [0.15, 0.2) is 33.0 Å². The lowest BCUT2D eigenvalue weighted by molar-refractivity contribution is 0.0599. The topological polar surface area (TPSA) is 75.9 Å². The summed E-state index contributed by atoms with van der Waals surface area (Å²) in [6, 6.07) is 5.88. The molecule has 8 heteroatoms. The van der Waals surface area contributed by atoms with E-state index in [9.17, 15) is 4.79 Å². The molecule has 6 nitrogen and oxygen atoms in total. The molecule has 1 atom stereocenters. The molecule has 0 aliphatic carbocycles. The van der Waals surface area contributed by atoms with Crippen LogP contribution in [0.3, 0.4) is 0 Å². The molecule has 2 heterocycles. The van der Waals surface area contributed by atoms with Crippen LogP contribution >= 0.6 is 35.3 Å². The molecule has 0 fully saturated rings. The lowest BCUT2D eigenvalue weighted by Gasteiger charge is -2.14. The molecule has 0 saturated carbocycles. The van der Waals surface area contributed by atoms with Gasteiger partial charge in [-0.05, 0) is 24.4 Å². The van der Waals surface area contributed by atoms with Crippen LogP contribution < -0.4 is 10.6 Å². The summed E-state index contributed by atoms with van der Waals surface area (Å²) in [6.45, 7) is 5.13. The number of hydrogen-bond acceptors (Lipinski definition) is 5. The first-order chi connectivity index (χ1) is 11.5. The number of aliphatic imine (C=N–C) groups is 1. The Kier molecular flexibility index (Phi) is 8.98. The molecule has 25 heavy (non-hydrogen) atoms. The molecule has 2 aromatic heterocycles. The van der Waals surface area contributed by atoms with Gasteiger partial charge in [0.1, 0.15) is 17.1 Å². The van der Waals surface area contributed by atoms with E-state index in [0.29, 0.717) is 35.5 Å². The molecule has 2 N–H and O–H groups in total. The van der Waals surface area contributed by atoms with Crippen molar-refractivity contribution in [2.45, 2.75) is 26.3 Å². The Labute approximate surface area is 169 Å². The Hall–Kier alpha value is -1.55. The quantitative estimate of drug-likeness (QED) is 0.288. The third kappa shape index (κ3) is 6.03. The van der Waals surface area contributed by atoms with Gasteiger partial charge in [-0.3, -0.25) is 4.99 Å². The number of carbonyl (C=O) groups is 1. The number of esters is 1. The van der Waals surface area contributed by atoms with E-state index in [1.165, 1.54) is 12.0 Å². The summed E-state index contributed by atoms with van der Waals surface area (Å²) in [6.07, 6.45) is 0. The van der Waals surface area contributed by atoms with Gasteiger partial charge in [0.05, 0.1) is 13.7 Å². The minimum Gasteiger partial charge on any atom is -0.465 e. The van der Waals surface area contributed by atoms with E-state index in [1.54, 1.807) is 31.4 Å². The van der Waals surface area contributed by atoms with Gasteiger partial charge < -0.3 is 19.8 Å². The SMILES string of the molecule is CN=C(NCc1cc(C(=O)OC)c(C)o1)NCC(C)c1cccs1.I. The second kappa shape index (κ2) is 10.4. The molecular formula is C17H24IN3O3S. The van der Waals surface area contributed by atoms with Gasteiger partial charge in [-0.25, -0.2) is 4.79 Å². The normalized spacial score (nSPS) is 12.2. The minimum atomic E-state index is -0.394. The Balaban J connectivity index is 0.00000312. The van der Waals surface area contributed by atoms with E-state index in [0.717, 1.165) is 6.54 Å². The number of aryl methyl sites for hydroxylation is 1. The molecule has 0 aliphatic rings. The zero-order valence-electron chi connectivity index (χ0n) is 14.8. The lowest BCUT2D eigenvalue weighted by Crippen LogP contribution is -2.38. The van der Waals surface area contributed by atoms with Crippen molar-refractivity contribution in [1.82, 2.24) is 10.6 Å². The Bertz CT molecular complexity index is 698. The average Bonchev–Trinajstić information content (AvgIpc) is 3.24. The zero-order chi connectivity index (χ0) is 17.5. The molecule has 0 aromatic carbocycles. The summed E-state index contributed by atoms with van der Waals surface area (Å²) in [4.78, 5) is 17.1. The van der Waals surface area contributed by atoms with Crippen LogP contribution in [0, 0.1) is 6.92 Å². The molecule has 0 bridgehead atoms. The molecule has 2 aromatic rings. The molecule has 2 rings (SSSR count). The number of halogens is 1. The Morgan fingerprint density at radius 3 is 2.80 bits per heavy atom. The molecule has 0 amide bonds. The van der Waals surface area contributed by atoms with Gasteiger partial charge >= 0.3 is 5.97 Å². The third-order valence-corrected chi connectivity index (χ3v) is 4.74. The van der Waals surface area contributed by atoms with Gasteiger partial charge in [0, 0.05) is 24.4 Å². The van der Waals surface area contributed by atoms with E-state index in [4.69, 9.17) is 9.15 Å². The van der Waals surface area contributed by atoms with Crippen LogP contribution in [0.25, 0.3) is 0 Å². The fraction of sp³-hybridized carbons (Fsp3) is 0.412. The van der Waals surface area contributed by atoms with Crippen molar-refractivity contribution < 1.29 is 13.9 Å². The summed E-state index contributed by atoms with van der Waals surface area (Å²) in [5, 5.41) is 8.56. The van der Waals surface area contributed by atoms with Crippen LogP contribution in [0.4, 0.5) is 0 Å². The highest BCUT2D eigenvalue weighted by atomic mass is 127. The molecule has 1 unspecified atom stereocenters. The number of guanidine groups is 1. The Morgan fingerprint density at radius 1 is 1.44 bits per heavy atom. The van der Waals surface area contributed by atoms with Gasteiger partial charge in [-0.2, -0.15) is 0 Å². The van der Waals surface area contributed by atoms with Crippen molar-refractivity contribution in [3.8, 4) is 0 Å². The van der Waals surface area contributed by atoms with Crippen molar-refractivity contribution in [1.29, 1.82) is 0 Å². The predicted octanol–water partition coefficient (Wildman–Crippen LogP) is 3.52. The second-order valence-electron chi connectivity index (χ2n) is 5.40. The van der Waals surface area contributed by atoms with Crippen LogP contribution in [-0.4, -0.2) is 32.6 Å². The smallest absolute Gasteiger partial charge is 0.341 e. The van der Waals surface area contributed by atoms with Gasteiger partial charge in [0.2, 0.25) is 0 Å². The maximum absolute atomic E-state index is 11.6. The standard InChI is InChI=1S/C17H23N3O3S.HI/c1-11(15-6-5-7-24-15)9-19-17(18-3)20-10-13-8-14(12(2)23-13)16(21)22-4;/h5-8,11H,9-10H2,1-4H3,(H2,18,19,20);1H. The molecule has 0 radical (unpaired) electrons. The van der Waals surface area contributed by atoms with Crippen molar-refractivity contribution in [3.05, 3.63) is 45.5 Å².